The fraction of sp³-hybridized carbons (Fsp3) is 0.0625. The van der Waals surface area contributed by atoms with Gasteiger partial charge in [0.2, 0.25) is 0 Å². The van der Waals surface area contributed by atoms with Crippen LogP contribution in [0.1, 0.15) is 11.1 Å². The summed E-state index contributed by atoms with van der Waals surface area (Å²) in [6, 6.07) is 17.3. The third-order valence-electron chi connectivity index (χ3n) is 2.61. The molecule has 0 bridgehead atoms. The van der Waals surface area contributed by atoms with Gasteiger partial charge in [-0.3, -0.25) is 0 Å². The molecule has 0 radical (unpaired) electrons. The Hall–Kier alpha value is -2.39. The van der Waals surface area contributed by atoms with Crippen LogP contribution in [0.4, 0.5) is 5.69 Å². The average molecular weight is 252 g/mol. The van der Waals surface area contributed by atoms with E-state index in [2.05, 4.69) is 4.99 Å². The smallest absolute Gasteiger partial charge is 0.131 e. The molecule has 0 atom stereocenters. The summed E-state index contributed by atoms with van der Waals surface area (Å²) in [6.45, 7) is 0.0274. The van der Waals surface area contributed by atoms with Crippen LogP contribution < -0.4 is 5.73 Å². The third kappa shape index (κ3) is 3.79. The molecule has 0 aliphatic rings. The van der Waals surface area contributed by atoms with Gasteiger partial charge in [0.25, 0.3) is 0 Å². The molecule has 19 heavy (non-hydrogen) atoms. The molecule has 2 aromatic rings. The molecule has 0 fully saturated rings. The van der Waals surface area contributed by atoms with E-state index in [4.69, 9.17) is 10.8 Å². The molecule has 2 aromatic carbocycles. The summed E-state index contributed by atoms with van der Waals surface area (Å²) >= 11 is 0. The first kappa shape index (κ1) is 13.1. The van der Waals surface area contributed by atoms with E-state index in [1.807, 2.05) is 60.7 Å². The van der Waals surface area contributed by atoms with Gasteiger partial charge in [-0.05, 0) is 17.7 Å². The van der Waals surface area contributed by atoms with Gasteiger partial charge < -0.3 is 10.8 Å². The molecule has 0 saturated heterocycles. The predicted octanol–water partition coefficient (Wildman–Crippen LogP) is 2.73. The number of nitrogens with zero attached hydrogens (tertiary/aromatic N) is 1. The highest BCUT2D eigenvalue weighted by molar-refractivity contribution is 5.99. The predicted molar refractivity (Wildman–Crippen MR) is 79.4 cm³/mol. The second-order valence-electron chi connectivity index (χ2n) is 4.04. The Balaban J connectivity index is 2.25. The topological polar surface area (TPSA) is 58.6 Å². The van der Waals surface area contributed by atoms with Crippen molar-refractivity contribution in [2.24, 2.45) is 10.7 Å². The summed E-state index contributed by atoms with van der Waals surface area (Å²) < 4.78 is 0. The number of aliphatic hydroxyl groups excluding tert-OH is 1. The molecule has 3 N–H and O–H groups in total. The van der Waals surface area contributed by atoms with Gasteiger partial charge in [0.15, 0.2) is 0 Å². The fourth-order valence-corrected chi connectivity index (χ4v) is 1.70. The summed E-state index contributed by atoms with van der Waals surface area (Å²) in [7, 11) is 0. The molecule has 0 amide bonds. The zero-order valence-corrected chi connectivity index (χ0v) is 10.5. The molecule has 0 aromatic heterocycles. The fourth-order valence-electron chi connectivity index (χ4n) is 1.70. The molecular weight excluding hydrogens is 236 g/mol. The first-order valence-electron chi connectivity index (χ1n) is 6.06. The van der Waals surface area contributed by atoms with E-state index in [0.29, 0.717) is 5.84 Å². The van der Waals surface area contributed by atoms with Crippen molar-refractivity contribution in [1.82, 2.24) is 0 Å². The van der Waals surface area contributed by atoms with Crippen LogP contribution in [-0.2, 0) is 0 Å². The number of amidine groups is 1. The minimum Gasteiger partial charge on any atom is -0.392 e. The molecule has 0 spiro atoms. The van der Waals surface area contributed by atoms with Crippen molar-refractivity contribution in [3.63, 3.8) is 0 Å². The van der Waals surface area contributed by atoms with Gasteiger partial charge in [0.05, 0.1) is 12.3 Å². The van der Waals surface area contributed by atoms with Crippen LogP contribution in [0.25, 0.3) is 6.08 Å². The molecule has 96 valence electrons. The molecule has 3 heteroatoms. The van der Waals surface area contributed by atoms with Crippen molar-refractivity contribution in [3.05, 3.63) is 71.8 Å². The number of rotatable bonds is 4. The zero-order valence-electron chi connectivity index (χ0n) is 10.5. The maximum absolute atomic E-state index is 8.76. The minimum absolute atomic E-state index is 0.0274. The van der Waals surface area contributed by atoms with Crippen LogP contribution in [0.2, 0.25) is 0 Å². The lowest BCUT2D eigenvalue weighted by atomic mass is 10.2. The first-order chi connectivity index (χ1) is 9.29. The highest BCUT2D eigenvalue weighted by Gasteiger charge is 1.97. The standard InChI is InChI=1S/C16H16N2O/c17-16(14-8-2-1-3-9-14)18-15-10-4-6-13(12-15)7-5-11-19/h1-10,12,19H,11H2,(H2,17,18). The number of nitrogens with two attached hydrogens (primary N) is 1. The van der Waals surface area contributed by atoms with E-state index >= 15 is 0 Å². The number of aliphatic hydroxyl groups is 1. The van der Waals surface area contributed by atoms with Crippen LogP contribution in [-0.4, -0.2) is 17.5 Å². The highest BCUT2D eigenvalue weighted by atomic mass is 16.2. The number of aliphatic imine (C=N–C) groups is 1. The minimum atomic E-state index is 0.0274. The molecule has 0 aliphatic heterocycles. The Morgan fingerprint density at radius 1 is 1.11 bits per heavy atom. The van der Waals surface area contributed by atoms with E-state index in [-0.39, 0.29) is 6.61 Å². The second-order valence-corrected chi connectivity index (χ2v) is 4.04. The number of hydrogen-bond donors (Lipinski definition) is 2. The second kappa shape index (κ2) is 6.52. The lowest BCUT2D eigenvalue weighted by Crippen LogP contribution is -2.12. The molecule has 2 rings (SSSR count). The van der Waals surface area contributed by atoms with Crippen LogP contribution in [0, 0.1) is 0 Å². The highest BCUT2D eigenvalue weighted by Crippen LogP contribution is 2.16. The Morgan fingerprint density at radius 3 is 2.63 bits per heavy atom. The van der Waals surface area contributed by atoms with Gasteiger partial charge >= 0.3 is 0 Å². The van der Waals surface area contributed by atoms with E-state index in [9.17, 15) is 0 Å². The first-order valence-corrected chi connectivity index (χ1v) is 6.06. The number of benzene rings is 2. The van der Waals surface area contributed by atoms with Crippen molar-refractivity contribution in [2.75, 3.05) is 6.61 Å². The van der Waals surface area contributed by atoms with Gasteiger partial charge in [0, 0.05) is 5.56 Å². The van der Waals surface area contributed by atoms with Crippen LogP contribution in [0.3, 0.4) is 0 Å². The average Bonchev–Trinajstić information content (AvgIpc) is 2.46. The van der Waals surface area contributed by atoms with E-state index in [1.165, 1.54) is 0 Å². The molecular formula is C16H16N2O. The van der Waals surface area contributed by atoms with Gasteiger partial charge in [-0.25, -0.2) is 4.99 Å². The molecule has 0 saturated carbocycles. The van der Waals surface area contributed by atoms with Crippen molar-refractivity contribution in [1.29, 1.82) is 0 Å². The summed E-state index contributed by atoms with van der Waals surface area (Å²) in [6.07, 6.45) is 3.53. The molecule has 0 unspecified atom stereocenters. The van der Waals surface area contributed by atoms with Crippen molar-refractivity contribution in [2.45, 2.75) is 0 Å². The van der Waals surface area contributed by atoms with E-state index in [1.54, 1.807) is 6.08 Å². The Labute approximate surface area is 112 Å². The van der Waals surface area contributed by atoms with E-state index in [0.717, 1.165) is 16.8 Å². The largest absolute Gasteiger partial charge is 0.392 e. The van der Waals surface area contributed by atoms with Crippen molar-refractivity contribution >= 4 is 17.6 Å². The monoisotopic (exact) mass is 252 g/mol. The van der Waals surface area contributed by atoms with Gasteiger partial charge in [0.1, 0.15) is 5.84 Å². The van der Waals surface area contributed by atoms with Crippen LogP contribution >= 0.6 is 0 Å². The Kier molecular flexibility index (Phi) is 4.48. The SMILES string of the molecule is NC(=Nc1cccc(C=CCO)c1)c1ccccc1. The van der Waals surface area contributed by atoms with Crippen LogP contribution in [0.5, 0.6) is 0 Å². The molecule has 3 nitrogen and oxygen atoms in total. The quantitative estimate of drug-likeness (QED) is 0.649. The lowest BCUT2D eigenvalue weighted by Gasteiger charge is -2.01. The van der Waals surface area contributed by atoms with Crippen LogP contribution in [0.15, 0.2) is 65.7 Å². The van der Waals surface area contributed by atoms with Gasteiger partial charge in [-0.15, -0.1) is 0 Å². The normalized spacial score (nSPS) is 11.9. The molecule has 0 heterocycles. The summed E-state index contributed by atoms with van der Waals surface area (Å²) in [5.74, 6) is 0.490. The third-order valence-corrected chi connectivity index (χ3v) is 2.61. The van der Waals surface area contributed by atoms with Gasteiger partial charge in [-0.2, -0.15) is 0 Å². The van der Waals surface area contributed by atoms with Crippen molar-refractivity contribution in [3.8, 4) is 0 Å². The van der Waals surface area contributed by atoms with Gasteiger partial charge in [-0.1, -0.05) is 54.6 Å². The molecule has 0 aliphatic carbocycles. The Morgan fingerprint density at radius 2 is 1.89 bits per heavy atom. The summed E-state index contributed by atoms with van der Waals surface area (Å²) in [4.78, 5) is 4.40. The van der Waals surface area contributed by atoms with Crippen molar-refractivity contribution < 1.29 is 5.11 Å². The summed E-state index contributed by atoms with van der Waals surface area (Å²) in [5, 5.41) is 8.76. The van der Waals surface area contributed by atoms with E-state index < -0.39 is 0 Å². The maximum Gasteiger partial charge on any atom is 0.131 e. The zero-order chi connectivity index (χ0) is 13.5. The Bertz CT molecular complexity index is 589. The number of hydrogen-bond acceptors (Lipinski definition) is 2. The maximum atomic E-state index is 8.76. The summed E-state index contributed by atoms with van der Waals surface area (Å²) in [5.41, 5.74) is 8.65. The lowest BCUT2D eigenvalue weighted by molar-refractivity contribution is 0.343.